The van der Waals surface area contributed by atoms with Gasteiger partial charge in [0.05, 0.1) is 30.7 Å². The monoisotopic (exact) mass is 500 g/mol. The Morgan fingerprint density at radius 1 is 1.14 bits per heavy atom. The van der Waals surface area contributed by atoms with Gasteiger partial charge in [-0.15, -0.1) is 0 Å². The molecule has 0 aliphatic carbocycles. The van der Waals surface area contributed by atoms with Crippen molar-refractivity contribution in [1.82, 2.24) is 10.3 Å². The standard InChI is InChI=1S/C25H32N4O5S/c1-16-11-18-12-21(33-3)22(34-4)13-20(18)23(27-29(16)24(30)26-2)17-5-7-19(8-6-17)28-14-25(15-28)9-10-35(25,31)32/h5-8,12-13,16,31-32H,9-11,14-15H2,1-4H3,(H,26,30)/t16-/m0/s1. The van der Waals surface area contributed by atoms with E-state index < -0.39 is 10.6 Å². The fourth-order valence-electron chi connectivity index (χ4n) is 5.15. The van der Waals surface area contributed by atoms with Crippen molar-refractivity contribution in [3.8, 4) is 11.5 Å². The molecular formula is C25H32N4O5S. The Labute approximate surface area is 207 Å². The summed E-state index contributed by atoms with van der Waals surface area (Å²) < 4.78 is 31.2. The number of rotatable bonds is 4. The molecule has 0 radical (unpaired) electrons. The predicted molar refractivity (Wildman–Crippen MR) is 138 cm³/mol. The zero-order valence-corrected chi connectivity index (χ0v) is 21.3. The van der Waals surface area contributed by atoms with Crippen molar-refractivity contribution in [3.05, 3.63) is 53.1 Å². The second kappa shape index (κ2) is 8.61. The molecule has 9 nitrogen and oxygen atoms in total. The fourth-order valence-corrected chi connectivity index (χ4v) is 7.02. The summed E-state index contributed by atoms with van der Waals surface area (Å²) in [5.41, 5.74) is 4.48. The molecule has 3 heterocycles. The molecule has 5 rings (SSSR count). The molecular weight excluding hydrogens is 468 g/mol. The van der Waals surface area contributed by atoms with E-state index in [0.29, 0.717) is 42.5 Å². The summed E-state index contributed by atoms with van der Waals surface area (Å²) in [6.45, 7) is 3.30. The Morgan fingerprint density at radius 2 is 1.80 bits per heavy atom. The maximum Gasteiger partial charge on any atom is 0.337 e. The first-order valence-corrected chi connectivity index (χ1v) is 13.4. The first-order valence-electron chi connectivity index (χ1n) is 11.7. The SMILES string of the molecule is CNC(=O)N1N=C(c2ccc(N3CC4(CCS4(O)O)C3)cc2)c2cc(OC)c(OC)cc2C[C@@H]1C. The molecule has 10 heteroatoms. The van der Waals surface area contributed by atoms with Crippen molar-refractivity contribution in [1.29, 1.82) is 0 Å². The third-order valence-electron chi connectivity index (χ3n) is 7.43. The van der Waals surface area contributed by atoms with Gasteiger partial charge in [0.2, 0.25) is 0 Å². The number of hydrogen-bond donors (Lipinski definition) is 3. The number of ether oxygens (including phenoxy) is 2. The molecule has 0 unspecified atom stereocenters. The van der Waals surface area contributed by atoms with Crippen LogP contribution in [0.3, 0.4) is 0 Å². The lowest BCUT2D eigenvalue weighted by Crippen LogP contribution is -2.69. The summed E-state index contributed by atoms with van der Waals surface area (Å²) in [6.07, 6.45) is 1.48. The van der Waals surface area contributed by atoms with E-state index in [1.807, 2.05) is 43.3 Å². The van der Waals surface area contributed by atoms with E-state index in [9.17, 15) is 13.9 Å². The largest absolute Gasteiger partial charge is 0.493 e. The molecule has 1 spiro atoms. The molecule has 188 valence electrons. The van der Waals surface area contributed by atoms with E-state index >= 15 is 0 Å². The van der Waals surface area contributed by atoms with Crippen molar-refractivity contribution in [2.75, 3.05) is 45.0 Å². The van der Waals surface area contributed by atoms with Crippen LogP contribution < -0.4 is 19.7 Å². The van der Waals surface area contributed by atoms with Gasteiger partial charge < -0.3 is 19.7 Å². The van der Waals surface area contributed by atoms with Gasteiger partial charge in [0.25, 0.3) is 0 Å². The summed E-state index contributed by atoms with van der Waals surface area (Å²) in [5.74, 6) is 1.75. The summed E-state index contributed by atoms with van der Waals surface area (Å²) in [7, 11) is 2.36. The van der Waals surface area contributed by atoms with Gasteiger partial charge in [0.15, 0.2) is 11.5 Å². The van der Waals surface area contributed by atoms with Crippen molar-refractivity contribution < 1.29 is 23.4 Å². The Bertz CT molecular complexity index is 1180. The Balaban J connectivity index is 1.51. The number of carbonyl (C=O) groups is 1. The van der Waals surface area contributed by atoms with E-state index in [1.54, 1.807) is 21.3 Å². The van der Waals surface area contributed by atoms with Gasteiger partial charge >= 0.3 is 6.03 Å². The minimum absolute atomic E-state index is 0.164. The number of carbonyl (C=O) groups excluding carboxylic acids is 1. The van der Waals surface area contributed by atoms with E-state index in [0.717, 1.165) is 28.8 Å². The molecule has 2 aromatic rings. The molecule has 0 bridgehead atoms. The van der Waals surface area contributed by atoms with Crippen molar-refractivity contribution in [2.45, 2.75) is 30.6 Å². The third kappa shape index (κ3) is 3.80. The van der Waals surface area contributed by atoms with Crippen LogP contribution in [0, 0.1) is 0 Å². The number of hydrazone groups is 1. The van der Waals surface area contributed by atoms with Crippen LogP contribution >= 0.6 is 10.6 Å². The number of hydrogen-bond acceptors (Lipinski definition) is 7. The van der Waals surface area contributed by atoms with Crippen LogP contribution in [0.25, 0.3) is 0 Å². The van der Waals surface area contributed by atoms with E-state index in [1.165, 1.54) is 5.01 Å². The highest BCUT2D eigenvalue weighted by atomic mass is 32.3. The zero-order valence-electron chi connectivity index (χ0n) is 20.4. The number of fused-ring (bicyclic) bond motifs is 1. The predicted octanol–water partition coefficient (Wildman–Crippen LogP) is 3.76. The molecule has 3 N–H and O–H groups in total. The first-order chi connectivity index (χ1) is 16.7. The number of benzene rings is 2. The van der Waals surface area contributed by atoms with Gasteiger partial charge in [-0.05, 0) is 49.6 Å². The molecule has 2 amide bonds. The second-order valence-corrected chi connectivity index (χ2v) is 12.1. The molecule has 2 aromatic carbocycles. The number of urea groups is 1. The van der Waals surface area contributed by atoms with Crippen LogP contribution in [0.2, 0.25) is 0 Å². The average Bonchev–Trinajstić information content (AvgIpc) is 2.97. The van der Waals surface area contributed by atoms with Crippen molar-refractivity contribution in [3.63, 3.8) is 0 Å². The topological polar surface area (TPSA) is 107 Å². The Kier molecular flexibility index (Phi) is 5.85. The molecule has 0 saturated carbocycles. The zero-order chi connectivity index (χ0) is 25.0. The molecule has 0 aromatic heterocycles. The minimum Gasteiger partial charge on any atom is -0.493 e. The summed E-state index contributed by atoms with van der Waals surface area (Å²) in [5, 5.41) is 8.98. The summed E-state index contributed by atoms with van der Waals surface area (Å²) in [4.78, 5) is 14.8. The van der Waals surface area contributed by atoms with E-state index in [-0.39, 0.29) is 16.8 Å². The first kappa shape index (κ1) is 23.8. The van der Waals surface area contributed by atoms with Crippen LogP contribution in [0.4, 0.5) is 10.5 Å². The lowest BCUT2D eigenvalue weighted by Gasteiger charge is -2.67. The van der Waals surface area contributed by atoms with E-state index in [4.69, 9.17) is 14.6 Å². The highest BCUT2D eigenvalue weighted by Gasteiger charge is 2.59. The molecule has 2 fully saturated rings. The van der Waals surface area contributed by atoms with Gasteiger partial charge in [0.1, 0.15) is 0 Å². The molecule has 2 saturated heterocycles. The minimum atomic E-state index is -2.45. The van der Waals surface area contributed by atoms with Gasteiger partial charge in [-0.2, -0.15) is 15.7 Å². The number of anilines is 1. The van der Waals surface area contributed by atoms with Crippen molar-refractivity contribution >= 4 is 28.0 Å². The highest BCUT2D eigenvalue weighted by molar-refractivity contribution is 8.26. The van der Waals surface area contributed by atoms with Crippen LogP contribution in [0.5, 0.6) is 11.5 Å². The number of methoxy groups -OCH3 is 2. The molecule has 3 aliphatic rings. The maximum absolute atomic E-state index is 12.7. The number of nitrogens with zero attached hydrogens (tertiary/aromatic N) is 3. The highest BCUT2D eigenvalue weighted by Crippen LogP contribution is 2.67. The lowest BCUT2D eigenvalue weighted by molar-refractivity contribution is 0.184. The van der Waals surface area contributed by atoms with Gasteiger partial charge in [-0.25, -0.2) is 9.80 Å². The lowest BCUT2D eigenvalue weighted by atomic mass is 9.92. The van der Waals surface area contributed by atoms with Crippen LogP contribution in [0.15, 0.2) is 41.5 Å². The average molecular weight is 501 g/mol. The van der Waals surface area contributed by atoms with Crippen LogP contribution in [-0.2, 0) is 6.42 Å². The second-order valence-electron chi connectivity index (χ2n) is 9.47. The molecule has 35 heavy (non-hydrogen) atoms. The number of nitrogens with one attached hydrogen (secondary N) is 1. The van der Waals surface area contributed by atoms with Crippen LogP contribution in [0.1, 0.15) is 30.0 Å². The van der Waals surface area contributed by atoms with E-state index in [2.05, 4.69) is 10.2 Å². The molecule has 3 aliphatic heterocycles. The number of amides is 2. The van der Waals surface area contributed by atoms with Gasteiger partial charge in [-0.1, -0.05) is 12.1 Å². The smallest absolute Gasteiger partial charge is 0.337 e. The summed E-state index contributed by atoms with van der Waals surface area (Å²) >= 11 is 0. The summed E-state index contributed by atoms with van der Waals surface area (Å²) in [6, 6.07) is 11.5. The maximum atomic E-state index is 12.7. The van der Waals surface area contributed by atoms with Gasteiger partial charge in [0, 0.05) is 42.7 Å². The molecule has 1 atom stereocenters. The Morgan fingerprint density at radius 3 is 2.34 bits per heavy atom. The normalized spacial score (nSPS) is 22.7. The Hall–Kier alpha value is -2.95. The van der Waals surface area contributed by atoms with Crippen LogP contribution in [-0.4, -0.2) is 76.8 Å². The fraction of sp³-hybridized carbons (Fsp3) is 0.440. The van der Waals surface area contributed by atoms with Gasteiger partial charge in [-0.3, -0.25) is 9.11 Å². The quantitative estimate of drug-likeness (QED) is 0.590. The third-order valence-corrected chi connectivity index (χ3v) is 10.0. The van der Waals surface area contributed by atoms with Crippen molar-refractivity contribution in [2.24, 2.45) is 5.10 Å².